The number of hydrogen-bond acceptors (Lipinski definition) is 5. The maximum Gasteiger partial charge on any atom is 0.161 e. The zero-order valence-electron chi connectivity index (χ0n) is 12.2. The number of H-pyrrole nitrogens is 1. The first kappa shape index (κ1) is 14.2. The molecule has 3 heterocycles. The smallest absolute Gasteiger partial charge is 0.161 e. The SMILES string of the molecule is Fc1ccc(-c2nccc(Nc3cnc4[nH]ncc4c3)n2)cc1F. The van der Waals surface area contributed by atoms with Gasteiger partial charge >= 0.3 is 0 Å². The Bertz CT molecular complexity index is 1030. The van der Waals surface area contributed by atoms with Crippen LogP contribution in [0.1, 0.15) is 0 Å². The summed E-state index contributed by atoms with van der Waals surface area (Å²) in [6, 6.07) is 7.07. The summed E-state index contributed by atoms with van der Waals surface area (Å²) in [6.07, 6.45) is 4.84. The summed E-state index contributed by atoms with van der Waals surface area (Å²) in [5.41, 5.74) is 1.80. The van der Waals surface area contributed by atoms with Crippen LogP contribution in [-0.2, 0) is 0 Å². The van der Waals surface area contributed by atoms with Crippen LogP contribution in [0.15, 0.2) is 48.9 Å². The molecule has 118 valence electrons. The van der Waals surface area contributed by atoms with E-state index in [9.17, 15) is 8.78 Å². The molecule has 0 atom stereocenters. The fourth-order valence-electron chi connectivity index (χ4n) is 2.26. The summed E-state index contributed by atoms with van der Waals surface area (Å²) in [5.74, 6) is -1.05. The molecule has 3 aromatic heterocycles. The van der Waals surface area contributed by atoms with Crippen molar-refractivity contribution in [2.45, 2.75) is 0 Å². The van der Waals surface area contributed by atoms with Gasteiger partial charge in [0.15, 0.2) is 23.1 Å². The molecule has 0 amide bonds. The number of aromatic nitrogens is 5. The third kappa shape index (κ3) is 2.65. The van der Waals surface area contributed by atoms with Gasteiger partial charge in [-0.2, -0.15) is 5.10 Å². The number of rotatable bonds is 3. The molecular weight excluding hydrogens is 314 g/mol. The van der Waals surface area contributed by atoms with E-state index >= 15 is 0 Å². The molecule has 4 rings (SSSR count). The molecule has 24 heavy (non-hydrogen) atoms. The first-order valence-corrected chi connectivity index (χ1v) is 7.04. The van der Waals surface area contributed by atoms with Gasteiger partial charge in [0.25, 0.3) is 0 Å². The lowest BCUT2D eigenvalue weighted by molar-refractivity contribution is 0.509. The highest BCUT2D eigenvalue weighted by atomic mass is 19.2. The summed E-state index contributed by atoms with van der Waals surface area (Å²) in [6.45, 7) is 0. The van der Waals surface area contributed by atoms with Gasteiger partial charge in [-0.05, 0) is 30.3 Å². The summed E-state index contributed by atoms with van der Waals surface area (Å²) < 4.78 is 26.4. The molecule has 0 saturated heterocycles. The van der Waals surface area contributed by atoms with Gasteiger partial charge in [0, 0.05) is 17.1 Å². The van der Waals surface area contributed by atoms with Gasteiger partial charge < -0.3 is 5.32 Å². The number of benzene rings is 1. The van der Waals surface area contributed by atoms with Crippen LogP contribution in [0.5, 0.6) is 0 Å². The predicted octanol–water partition coefficient (Wildman–Crippen LogP) is 3.44. The summed E-state index contributed by atoms with van der Waals surface area (Å²) >= 11 is 0. The quantitative estimate of drug-likeness (QED) is 0.603. The number of pyridine rings is 1. The number of anilines is 2. The Morgan fingerprint density at radius 2 is 1.88 bits per heavy atom. The van der Waals surface area contributed by atoms with Crippen LogP contribution in [0.4, 0.5) is 20.3 Å². The highest BCUT2D eigenvalue weighted by Crippen LogP contribution is 2.21. The zero-order chi connectivity index (χ0) is 16.5. The number of aromatic amines is 1. The van der Waals surface area contributed by atoms with Crippen molar-refractivity contribution in [2.75, 3.05) is 5.32 Å². The average molecular weight is 324 g/mol. The van der Waals surface area contributed by atoms with Crippen LogP contribution in [0, 0.1) is 11.6 Å². The third-order valence-electron chi connectivity index (χ3n) is 3.40. The van der Waals surface area contributed by atoms with E-state index in [0.717, 1.165) is 23.2 Å². The van der Waals surface area contributed by atoms with Gasteiger partial charge in [0.1, 0.15) is 5.82 Å². The van der Waals surface area contributed by atoms with Crippen LogP contribution in [0.3, 0.4) is 0 Å². The molecule has 0 aliphatic heterocycles. The number of hydrogen-bond donors (Lipinski definition) is 2. The van der Waals surface area contributed by atoms with Crippen molar-refractivity contribution in [3.63, 3.8) is 0 Å². The monoisotopic (exact) mass is 324 g/mol. The fourth-order valence-corrected chi connectivity index (χ4v) is 2.26. The minimum Gasteiger partial charge on any atom is -0.339 e. The summed E-state index contributed by atoms with van der Waals surface area (Å²) in [4.78, 5) is 12.6. The molecule has 0 fully saturated rings. The van der Waals surface area contributed by atoms with Crippen molar-refractivity contribution in [3.8, 4) is 11.4 Å². The molecule has 6 nitrogen and oxygen atoms in total. The van der Waals surface area contributed by atoms with E-state index in [4.69, 9.17) is 0 Å². The van der Waals surface area contributed by atoms with Crippen LogP contribution >= 0.6 is 0 Å². The van der Waals surface area contributed by atoms with Crippen LogP contribution in [0.2, 0.25) is 0 Å². The van der Waals surface area contributed by atoms with Crippen molar-refractivity contribution in [1.29, 1.82) is 0 Å². The molecule has 8 heteroatoms. The minimum atomic E-state index is -0.941. The van der Waals surface area contributed by atoms with Gasteiger partial charge in [-0.15, -0.1) is 0 Å². The van der Waals surface area contributed by atoms with Crippen molar-refractivity contribution in [2.24, 2.45) is 0 Å². The van der Waals surface area contributed by atoms with Crippen LogP contribution in [-0.4, -0.2) is 25.1 Å². The molecule has 4 aromatic rings. The molecule has 0 aliphatic rings. The molecule has 0 bridgehead atoms. The maximum absolute atomic E-state index is 13.4. The first-order chi connectivity index (χ1) is 11.7. The lowest BCUT2D eigenvalue weighted by Gasteiger charge is -2.07. The molecule has 2 N–H and O–H groups in total. The van der Waals surface area contributed by atoms with Gasteiger partial charge in [-0.25, -0.2) is 23.7 Å². The topological polar surface area (TPSA) is 79.4 Å². The van der Waals surface area contributed by atoms with Crippen molar-refractivity contribution in [3.05, 3.63) is 60.6 Å². The van der Waals surface area contributed by atoms with E-state index in [-0.39, 0.29) is 5.82 Å². The van der Waals surface area contributed by atoms with Gasteiger partial charge in [-0.1, -0.05) is 0 Å². The molecule has 0 aliphatic carbocycles. The first-order valence-electron chi connectivity index (χ1n) is 7.04. The molecule has 0 radical (unpaired) electrons. The second kappa shape index (κ2) is 5.65. The summed E-state index contributed by atoms with van der Waals surface area (Å²) in [5, 5.41) is 10.6. The molecule has 0 unspecified atom stereocenters. The van der Waals surface area contributed by atoms with Gasteiger partial charge in [0.05, 0.1) is 18.1 Å². The molecule has 0 spiro atoms. The Kier molecular flexibility index (Phi) is 3.34. The number of fused-ring (bicyclic) bond motifs is 1. The Hall–Kier alpha value is -3.42. The second-order valence-electron chi connectivity index (χ2n) is 5.05. The average Bonchev–Trinajstić information content (AvgIpc) is 3.05. The minimum absolute atomic E-state index is 0.288. The largest absolute Gasteiger partial charge is 0.339 e. The van der Waals surface area contributed by atoms with E-state index in [2.05, 4.69) is 30.5 Å². The zero-order valence-corrected chi connectivity index (χ0v) is 12.2. The van der Waals surface area contributed by atoms with E-state index in [1.54, 1.807) is 18.5 Å². The van der Waals surface area contributed by atoms with E-state index in [1.165, 1.54) is 12.3 Å². The Balaban J connectivity index is 1.65. The lowest BCUT2D eigenvalue weighted by atomic mass is 10.2. The third-order valence-corrected chi connectivity index (χ3v) is 3.40. The Labute approximate surface area is 134 Å². The van der Waals surface area contributed by atoms with Crippen LogP contribution in [0.25, 0.3) is 22.4 Å². The normalized spacial score (nSPS) is 10.9. The van der Waals surface area contributed by atoms with Crippen LogP contribution < -0.4 is 5.32 Å². The molecule has 1 aromatic carbocycles. The van der Waals surface area contributed by atoms with E-state index in [0.29, 0.717) is 17.0 Å². The van der Waals surface area contributed by atoms with Crippen molar-refractivity contribution < 1.29 is 8.78 Å². The van der Waals surface area contributed by atoms with Gasteiger partial charge in [0.2, 0.25) is 0 Å². The number of halogens is 2. The second-order valence-corrected chi connectivity index (χ2v) is 5.05. The Morgan fingerprint density at radius 3 is 2.75 bits per heavy atom. The van der Waals surface area contributed by atoms with E-state index in [1.807, 2.05) is 6.07 Å². The standard InChI is InChI=1S/C16H10F2N6/c17-12-2-1-9(6-13(12)18)15-19-4-3-14(23-15)22-11-5-10-7-21-24-16(10)20-8-11/h1-8H,(H,19,22,23)(H,20,21,24). The van der Waals surface area contributed by atoms with Crippen molar-refractivity contribution >= 4 is 22.5 Å². The molecule has 0 saturated carbocycles. The highest BCUT2D eigenvalue weighted by molar-refractivity contribution is 5.78. The number of nitrogens with zero attached hydrogens (tertiary/aromatic N) is 4. The predicted molar refractivity (Wildman–Crippen MR) is 84.6 cm³/mol. The Morgan fingerprint density at radius 1 is 0.958 bits per heavy atom. The number of nitrogens with one attached hydrogen (secondary N) is 2. The summed E-state index contributed by atoms with van der Waals surface area (Å²) in [7, 11) is 0. The maximum atomic E-state index is 13.4. The highest BCUT2D eigenvalue weighted by Gasteiger charge is 2.08. The lowest BCUT2D eigenvalue weighted by Crippen LogP contribution is -1.98. The van der Waals surface area contributed by atoms with E-state index < -0.39 is 11.6 Å². The molecular formula is C16H10F2N6. The van der Waals surface area contributed by atoms with Gasteiger partial charge in [-0.3, -0.25) is 5.10 Å². The fraction of sp³-hybridized carbons (Fsp3) is 0. The van der Waals surface area contributed by atoms with Crippen molar-refractivity contribution in [1.82, 2.24) is 25.1 Å².